The average Bonchev–Trinajstić information content (AvgIpc) is 3.02. The van der Waals surface area contributed by atoms with Crippen LogP contribution >= 0.6 is 0 Å². The maximum absolute atomic E-state index is 6.82. The van der Waals surface area contributed by atoms with Crippen LogP contribution in [0.5, 0.6) is 23.0 Å². The first-order chi connectivity index (χ1) is 20.2. The van der Waals surface area contributed by atoms with Crippen LogP contribution in [-0.2, 0) is 0 Å². The van der Waals surface area contributed by atoms with Gasteiger partial charge in [0.2, 0.25) is 0 Å². The van der Waals surface area contributed by atoms with Crippen LogP contribution < -0.4 is 25.9 Å². The van der Waals surface area contributed by atoms with Gasteiger partial charge >= 0.3 is 0 Å². The van der Waals surface area contributed by atoms with Crippen LogP contribution in [-0.4, -0.2) is 6.71 Å². The fourth-order valence-electron chi connectivity index (χ4n) is 6.23. The van der Waals surface area contributed by atoms with E-state index in [4.69, 9.17) is 9.47 Å². The van der Waals surface area contributed by atoms with Crippen molar-refractivity contribution in [1.29, 1.82) is 0 Å². The zero-order valence-corrected chi connectivity index (χ0v) is 23.6. The first-order valence-electron chi connectivity index (χ1n) is 14.4. The monoisotopic (exact) mass is 530 g/mol. The van der Waals surface area contributed by atoms with E-state index in [-0.39, 0.29) is 6.71 Å². The van der Waals surface area contributed by atoms with Crippen LogP contribution in [0.4, 0.5) is 0 Å². The van der Waals surface area contributed by atoms with Gasteiger partial charge < -0.3 is 9.47 Å². The Kier molecular flexibility index (Phi) is 6.36. The Morgan fingerprint density at radius 3 is 2.29 bits per heavy atom. The van der Waals surface area contributed by atoms with Gasteiger partial charge in [0.05, 0.1) is 0 Å². The number of allylic oxidation sites excluding steroid dienone is 4. The zero-order chi connectivity index (χ0) is 27.9. The fourth-order valence-corrected chi connectivity index (χ4v) is 6.23. The minimum Gasteiger partial charge on any atom is -0.458 e. The maximum atomic E-state index is 6.82. The van der Waals surface area contributed by atoms with Crippen molar-refractivity contribution in [2.45, 2.75) is 27.2 Å². The Hall–Kier alpha value is -4.76. The van der Waals surface area contributed by atoms with Gasteiger partial charge in [0.25, 0.3) is 6.71 Å². The van der Waals surface area contributed by atoms with Crippen LogP contribution in [0, 0.1) is 6.92 Å². The first kappa shape index (κ1) is 25.2. The molecule has 198 valence electrons. The summed E-state index contributed by atoms with van der Waals surface area (Å²) in [4.78, 5) is 0. The average molecular weight is 530 g/mol. The number of fused-ring (bicyclic) bond motifs is 4. The predicted molar refractivity (Wildman–Crippen MR) is 173 cm³/mol. The zero-order valence-electron chi connectivity index (χ0n) is 23.6. The second-order valence-corrected chi connectivity index (χ2v) is 10.7. The van der Waals surface area contributed by atoms with E-state index in [9.17, 15) is 0 Å². The second-order valence-electron chi connectivity index (χ2n) is 10.7. The number of hydrogen-bond acceptors (Lipinski definition) is 2. The third kappa shape index (κ3) is 4.21. The van der Waals surface area contributed by atoms with Gasteiger partial charge in [0.15, 0.2) is 0 Å². The van der Waals surface area contributed by atoms with Crippen molar-refractivity contribution in [3.63, 3.8) is 0 Å². The molecule has 0 atom stereocenters. The van der Waals surface area contributed by atoms with Gasteiger partial charge in [-0.15, -0.1) is 0 Å². The number of ether oxygens (including phenoxy) is 2. The molecule has 3 heteroatoms. The van der Waals surface area contributed by atoms with E-state index in [0.29, 0.717) is 0 Å². The molecule has 0 aliphatic carbocycles. The number of para-hydroxylation sites is 1. The van der Waals surface area contributed by atoms with Crippen LogP contribution in [0.2, 0.25) is 0 Å². The molecule has 0 unspecified atom stereocenters. The summed E-state index contributed by atoms with van der Waals surface area (Å²) in [6, 6.07) is 36.5. The molecule has 2 aliphatic rings. The minimum absolute atomic E-state index is 0.0201. The van der Waals surface area contributed by atoms with Gasteiger partial charge in [-0.05, 0) is 77.2 Å². The predicted octanol–water partition coefficient (Wildman–Crippen LogP) is 8.43. The van der Waals surface area contributed by atoms with Crippen molar-refractivity contribution in [2.75, 3.05) is 0 Å². The first-order valence-corrected chi connectivity index (χ1v) is 14.4. The summed E-state index contributed by atoms with van der Waals surface area (Å²) in [5.74, 6) is 3.55. The summed E-state index contributed by atoms with van der Waals surface area (Å²) in [6.45, 7) is 6.39. The number of hydrogen-bond donors (Lipinski definition) is 0. The standard InChI is InChI=1S/C38H31BO2/c1-4-6-14-26(5-2)30-18-12-19-32-37(30)41-35-23-21-31(29-17-11-10-13-25(29)3)38-36(35)39(32)33-24-28(20-22-34(33)40-38)27-15-8-7-9-16-27/h5-24H,4H2,1-3H3/b14-6-,26-5+. The fraction of sp³-hybridized carbons (Fsp3) is 0.105. The van der Waals surface area contributed by atoms with Crippen molar-refractivity contribution < 1.29 is 9.47 Å². The van der Waals surface area contributed by atoms with E-state index in [2.05, 4.69) is 142 Å². The molecular weight excluding hydrogens is 499 g/mol. The van der Waals surface area contributed by atoms with Crippen molar-refractivity contribution >= 4 is 28.7 Å². The van der Waals surface area contributed by atoms with Gasteiger partial charge in [-0.25, -0.2) is 0 Å². The third-order valence-electron chi connectivity index (χ3n) is 8.24. The molecule has 5 aromatic carbocycles. The van der Waals surface area contributed by atoms with Crippen molar-refractivity contribution in [2.24, 2.45) is 0 Å². The van der Waals surface area contributed by atoms with Crippen LogP contribution in [0.1, 0.15) is 31.4 Å². The topological polar surface area (TPSA) is 18.5 Å². The number of benzene rings is 5. The molecule has 2 heterocycles. The van der Waals surface area contributed by atoms with Gasteiger partial charge in [-0.3, -0.25) is 0 Å². The summed E-state index contributed by atoms with van der Waals surface area (Å²) in [7, 11) is 0. The molecule has 0 spiro atoms. The van der Waals surface area contributed by atoms with Gasteiger partial charge in [0, 0.05) is 16.6 Å². The lowest BCUT2D eigenvalue weighted by molar-refractivity contribution is 0.465. The molecule has 2 aliphatic heterocycles. The molecule has 7 rings (SSSR count). The van der Waals surface area contributed by atoms with E-state index in [1.165, 1.54) is 22.3 Å². The maximum Gasteiger partial charge on any atom is 0.260 e. The summed E-state index contributed by atoms with van der Waals surface area (Å²) in [5.41, 5.74) is 11.5. The Morgan fingerprint density at radius 2 is 1.49 bits per heavy atom. The van der Waals surface area contributed by atoms with E-state index in [0.717, 1.165) is 62.5 Å². The van der Waals surface area contributed by atoms with Gasteiger partial charge in [0.1, 0.15) is 23.0 Å². The lowest BCUT2D eigenvalue weighted by atomic mass is 9.34. The summed E-state index contributed by atoms with van der Waals surface area (Å²) in [6.07, 6.45) is 7.55. The van der Waals surface area contributed by atoms with Gasteiger partial charge in [-0.2, -0.15) is 0 Å². The molecule has 0 amide bonds. The lowest BCUT2D eigenvalue weighted by Gasteiger charge is -2.35. The van der Waals surface area contributed by atoms with E-state index < -0.39 is 0 Å². The van der Waals surface area contributed by atoms with Crippen molar-refractivity contribution in [3.05, 3.63) is 132 Å². The Labute approximate surface area is 242 Å². The molecule has 0 radical (unpaired) electrons. The Bertz CT molecular complexity index is 1850. The molecule has 0 fully saturated rings. The highest BCUT2D eigenvalue weighted by atomic mass is 16.5. The van der Waals surface area contributed by atoms with Crippen LogP contribution in [0.15, 0.2) is 121 Å². The van der Waals surface area contributed by atoms with Crippen molar-refractivity contribution in [3.8, 4) is 45.3 Å². The van der Waals surface area contributed by atoms with E-state index in [1.54, 1.807) is 0 Å². The molecule has 0 bridgehead atoms. The molecule has 5 aromatic rings. The normalized spacial score (nSPS) is 13.2. The lowest BCUT2D eigenvalue weighted by Crippen LogP contribution is -2.57. The Morgan fingerprint density at radius 1 is 0.707 bits per heavy atom. The summed E-state index contributed by atoms with van der Waals surface area (Å²) < 4.78 is 13.6. The molecular formula is C38H31BO2. The molecule has 41 heavy (non-hydrogen) atoms. The number of aryl methyl sites for hydroxylation is 1. The summed E-state index contributed by atoms with van der Waals surface area (Å²) in [5, 5.41) is 0. The third-order valence-corrected chi connectivity index (χ3v) is 8.24. The largest absolute Gasteiger partial charge is 0.458 e. The minimum atomic E-state index is -0.0201. The van der Waals surface area contributed by atoms with E-state index in [1.807, 2.05) is 0 Å². The smallest absolute Gasteiger partial charge is 0.260 e. The summed E-state index contributed by atoms with van der Waals surface area (Å²) >= 11 is 0. The molecule has 2 nitrogen and oxygen atoms in total. The molecule has 0 saturated carbocycles. The quantitative estimate of drug-likeness (QED) is 0.164. The molecule has 0 N–H and O–H groups in total. The second kappa shape index (κ2) is 10.3. The highest BCUT2D eigenvalue weighted by Crippen LogP contribution is 2.43. The highest BCUT2D eigenvalue weighted by Gasteiger charge is 2.42. The van der Waals surface area contributed by atoms with Crippen LogP contribution in [0.3, 0.4) is 0 Å². The van der Waals surface area contributed by atoms with E-state index >= 15 is 0 Å². The van der Waals surface area contributed by atoms with Crippen LogP contribution in [0.25, 0.3) is 27.8 Å². The Balaban J connectivity index is 1.49. The molecule has 0 aromatic heterocycles. The van der Waals surface area contributed by atoms with Crippen molar-refractivity contribution in [1.82, 2.24) is 0 Å². The highest BCUT2D eigenvalue weighted by molar-refractivity contribution is 6.98. The SMILES string of the molecule is C/C=C(\C=C/CC)c1cccc2c1Oc1ccc(-c3ccccc3C)c3c1B2c1cc(-c2ccccc2)ccc1O3. The van der Waals surface area contributed by atoms with Gasteiger partial charge in [-0.1, -0.05) is 110 Å². The molecule has 0 saturated heterocycles. The number of rotatable bonds is 5.